The molecule has 0 spiro atoms. The molecular weight excluding hydrogens is 306 g/mol. The van der Waals surface area contributed by atoms with Gasteiger partial charge in [-0.1, -0.05) is 42.1 Å². The number of fused-ring (bicyclic) bond motifs is 1. The summed E-state index contributed by atoms with van der Waals surface area (Å²) in [5.74, 6) is 0. The van der Waals surface area contributed by atoms with Crippen molar-refractivity contribution in [3.63, 3.8) is 0 Å². The van der Waals surface area contributed by atoms with Crippen LogP contribution >= 0.6 is 11.8 Å². The lowest BCUT2D eigenvalue weighted by molar-refractivity contribution is 0.813. The fourth-order valence-corrected chi connectivity index (χ4v) is 3.21. The summed E-state index contributed by atoms with van der Waals surface area (Å²) in [6.07, 6.45) is 0. The molecule has 23 heavy (non-hydrogen) atoms. The molecule has 3 aromatic rings. The van der Waals surface area contributed by atoms with Crippen LogP contribution in [0.25, 0.3) is 16.6 Å². The van der Waals surface area contributed by atoms with Crippen LogP contribution < -0.4 is 5.56 Å². The summed E-state index contributed by atoms with van der Waals surface area (Å²) < 4.78 is 1.61. The quantitative estimate of drug-likeness (QED) is 0.545. The van der Waals surface area contributed by atoms with E-state index in [1.54, 1.807) is 17.6 Å². The highest BCUT2D eigenvalue weighted by atomic mass is 32.2. The average Bonchev–Trinajstić information content (AvgIpc) is 2.56. The molecule has 3 rings (SSSR count). The van der Waals surface area contributed by atoms with Crippen LogP contribution in [0.15, 0.2) is 58.5 Å². The summed E-state index contributed by atoms with van der Waals surface area (Å²) in [6, 6.07) is 17.2. The van der Waals surface area contributed by atoms with Gasteiger partial charge in [0.15, 0.2) is 5.16 Å². The van der Waals surface area contributed by atoms with E-state index in [1.165, 1.54) is 11.8 Å². The third-order valence-electron chi connectivity index (χ3n) is 3.57. The van der Waals surface area contributed by atoms with Crippen molar-refractivity contribution in [2.24, 2.45) is 0 Å². The van der Waals surface area contributed by atoms with E-state index in [1.807, 2.05) is 49.4 Å². The number of rotatable bonds is 3. The summed E-state index contributed by atoms with van der Waals surface area (Å²) in [5.41, 5.74) is 2.31. The second-order valence-corrected chi connectivity index (χ2v) is 6.54. The lowest BCUT2D eigenvalue weighted by Crippen LogP contribution is -2.23. The first-order valence-electron chi connectivity index (χ1n) is 7.26. The van der Waals surface area contributed by atoms with Gasteiger partial charge in [0.2, 0.25) is 0 Å². The van der Waals surface area contributed by atoms with Crippen molar-refractivity contribution in [3.05, 3.63) is 64.4 Å². The van der Waals surface area contributed by atoms with Crippen molar-refractivity contribution in [3.8, 4) is 11.8 Å². The summed E-state index contributed by atoms with van der Waals surface area (Å²) in [5, 5.41) is 9.93. The van der Waals surface area contributed by atoms with Crippen LogP contribution in [0.1, 0.15) is 12.5 Å². The first kappa shape index (κ1) is 15.3. The van der Waals surface area contributed by atoms with Crippen LogP contribution in [0.4, 0.5) is 0 Å². The number of nitriles is 1. The molecule has 0 saturated heterocycles. The molecule has 1 heterocycles. The van der Waals surface area contributed by atoms with Crippen molar-refractivity contribution in [1.29, 1.82) is 5.26 Å². The van der Waals surface area contributed by atoms with Crippen LogP contribution in [0.3, 0.4) is 0 Å². The highest BCUT2D eigenvalue weighted by Crippen LogP contribution is 2.25. The lowest BCUT2D eigenvalue weighted by Gasteiger charge is -2.15. The van der Waals surface area contributed by atoms with Gasteiger partial charge in [-0.25, -0.2) is 4.98 Å². The van der Waals surface area contributed by atoms with Crippen molar-refractivity contribution in [2.75, 3.05) is 0 Å². The number of thioether (sulfide) groups is 1. The van der Waals surface area contributed by atoms with E-state index in [0.29, 0.717) is 16.1 Å². The number of hydrogen-bond donors (Lipinski definition) is 0. The predicted molar refractivity (Wildman–Crippen MR) is 93.0 cm³/mol. The second kappa shape index (κ2) is 6.27. The minimum atomic E-state index is -0.293. The molecule has 114 valence electrons. The maximum Gasteiger partial charge on any atom is 0.266 e. The van der Waals surface area contributed by atoms with E-state index in [-0.39, 0.29) is 10.8 Å². The number of para-hydroxylation sites is 2. The maximum absolute atomic E-state index is 13.0. The maximum atomic E-state index is 13.0. The number of aromatic nitrogens is 2. The van der Waals surface area contributed by atoms with Crippen LogP contribution in [0, 0.1) is 18.3 Å². The summed E-state index contributed by atoms with van der Waals surface area (Å²) in [6.45, 7) is 3.76. The van der Waals surface area contributed by atoms with Crippen LogP contribution in [-0.2, 0) is 0 Å². The molecule has 0 N–H and O–H groups in total. The molecule has 0 saturated carbocycles. The van der Waals surface area contributed by atoms with E-state index in [2.05, 4.69) is 11.1 Å². The van der Waals surface area contributed by atoms with Crippen molar-refractivity contribution in [2.45, 2.75) is 24.3 Å². The smallest absolute Gasteiger partial charge is 0.266 e. The van der Waals surface area contributed by atoms with E-state index >= 15 is 0 Å². The molecule has 0 bridgehead atoms. The molecule has 0 radical (unpaired) electrons. The van der Waals surface area contributed by atoms with Gasteiger partial charge in [-0.05, 0) is 37.6 Å². The Morgan fingerprint density at radius 1 is 1.17 bits per heavy atom. The Labute approximate surface area is 138 Å². The first-order chi connectivity index (χ1) is 11.1. The molecule has 0 aliphatic rings. The van der Waals surface area contributed by atoms with Crippen LogP contribution in [0.5, 0.6) is 0 Å². The Bertz CT molecular complexity index is 972. The zero-order chi connectivity index (χ0) is 16.4. The highest BCUT2D eigenvalue weighted by molar-refractivity contribution is 8.00. The molecule has 0 aliphatic heterocycles. The van der Waals surface area contributed by atoms with Gasteiger partial charge < -0.3 is 0 Å². The van der Waals surface area contributed by atoms with E-state index < -0.39 is 0 Å². The van der Waals surface area contributed by atoms with Gasteiger partial charge in [0, 0.05) is 0 Å². The van der Waals surface area contributed by atoms with Gasteiger partial charge in [-0.3, -0.25) is 9.36 Å². The zero-order valence-electron chi connectivity index (χ0n) is 12.9. The topological polar surface area (TPSA) is 58.7 Å². The normalized spacial score (nSPS) is 12.0. The SMILES string of the molecule is Cc1ccccc1-n1c(SC(C)C#N)nc2ccccc2c1=O. The minimum absolute atomic E-state index is 0.113. The molecule has 1 aromatic heterocycles. The second-order valence-electron chi connectivity index (χ2n) is 5.23. The third-order valence-corrected chi connectivity index (χ3v) is 4.51. The molecule has 0 aliphatic carbocycles. The van der Waals surface area contributed by atoms with Gasteiger partial charge >= 0.3 is 0 Å². The van der Waals surface area contributed by atoms with Crippen LogP contribution in [-0.4, -0.2) is 14.8 Å². The van der Waals surface area contributed by atoms with Crippen LogP contribution in [0.2, 0.25) is 0 Å². The fourth-order valence-electron chi connectivity index (χ4n) is 2.40. The molecule has 0 amide bonds. The highest BCUT2D eigenvalue weighted by Gasteiger charge is 2.16. The fraction of sp³-hybridized carbons (Fsp3) is 0.167. The zero-order valence-corrected chi connectivity index (χ0v) is 13.7. The minimum Gasteiger partial charge on any atom is -0.268 e. The number of benzene rings is 2. The predicted octanol–water partition coefficient (Wildman–Crippen LogP) is 3.70. The lowest BCUT2D eigenvalue weighted by atomic mass is 10.2. The monoisotopic (exact) mass is 321 g/mol. The van der Waals surface area contributed by atoms with Gasteiger partial charge in [0.05, 0.1) is 27.9 Å². The Kier molecular flexibility index (Phi) is 4.18. The van der Waals surface area contributed by atoms with Gasteiger partial charge in [0.25, 0.3) is 5.56 Å². The Hall–Kier alpha value is -2.58. The molecule has 4 nitrogen and oxygen atoms in total. The van der Waals surface area contributed by atoms with Crippen molar-refractivity contribution in [1.82, 2.24) is 9.55 Å². The van der Waals surface area contributed by atoms with E-state index in [4.69, 9.17) is 5.26 Å². The number of aryl methyl sites for hydroxylation is 1. The summed E-state index contributed by atoms with van der Waals surface area (Å²) in [7, 11) is 0. The van der Waals surface area contributed by atoms with Crippen molar-refractivity contribution >= 4 is 22.7 Å². The third kappa shape index (κ3) is 2.86. The summed E-state index contributed by atoms with van der Waals surface area (Å²) in [4.78, 5) is 17.6. The summed E-state index contributed by atoms with van der Waals surface area (Å²) >= 11 is 1.29. The van der Waals surface area contributed by atoms with Gasteiger partial charge in [-0.2, -0.15) is 5.26 Å². The molecule has 1 unspecified atom stereocenters. The first-order valence-corrected chi connectivity index (χ1v) is 8.14. The number of nitrogens with zero attached hydrogens (tertiary/aromatic N) is 3. The van der Waals surface area contributed by atoms with Gasteiger partial charge in [0.1, 0.15) is 0 Å². The van der Waals surface area contributed by atoms with Gasteiger partial charge in [-0.15, -0.1) is 0 Å². The molecule has 0 fully saturated rings. The molecule has 1 atom stereocenters. The molecule has 5 heteroatoms. The number of hydrogen-bond acceptors (Lipinski definition) is 4. The largest absolute Gasteiger partial charge is 0.268 e. The standard InChI is InChI=1S/C18H15N3OS/c1-12-7-3-6-10-16(12)21-17(22)14-8-4-5-9-15(14)20-18(21)23-13(2)11-19/h3-10,13H,1-2H3. The Morgan fingerprint density at radius 3 is 2.61 bits per heavy atom. The Morgan fingerprint density at radius 2 is 1.87 bits per heavy atom. The molecule has 2 aromatic carbocycles. The Balaban J connectivity index is 2.36. The van der Waals surface area contributed by atoms with E-state index in [9.17, 15) is 4.79 Å². The molecular formula is C18H15N3OS. The van der Waals surface area contributed by atoms with E-state index in [0.717, 1.165) is 11.3 Å². The van der Waals surface area contributed by atoms with Crippen molar-refractivity contribution < 1.29 is 0 Å². The average molecular weight is 321 g/mol.